The summed E-state index contributed by atoms with van der Waals surface area (Å²) < 4.78 is 5.20. The maximum Gasteiger partial charge on any atom is 0.321 e. The number of carbonyl (C=O) groups excluding carboxylic acids is 3. The van der Waals surface area contributed by atoms with E-state index in [0.717, 1.165) is 27.1 Å². The maximum atomic E-state index is 12.3. The Bertz CT molecular complexity index is 867. The van der Waals surface area contributed by atoms with E-state index in [4.69, 9.17) is 4.74 Å². The van der Waals surface area contributed by atoms with Gasteiger partial charge in [-0.2, -0.15) is 0 Å². The molecule has 3 rings (SSSR count). The fraction of sp³-hybridized carbons (Fsp3) is 0.438. The average Bonchev–Trinajstić information content (AvgIpc) is 3.18. The topological polar surface area (TPSA) is 110 Å². The van der Waals surface area contributed by atoms with E-state index in [9.17, 15) is 14.4 Å². The van der Waals surface area contributed by atoms with Crippen LogP contribution in [0.4, 0.5) is 4.79 Å². The number of carbonyl (C=O) groups is 3. The van der Waals surface area contributed by atoms with Gasteiger partial charge in [-0.05, 0) is 25.3 Å². The third-order valence-corrected chi connectivity index (χ3v) is 6.13. The number of fused-ring (bicyclic) bond motifs is 3. The second-order valence-corrected chi connectivity index (χ2v) is 7.60. The number of rotatable bonds is 5. The molecule has 1 unspecified atom stereocenters. The molecule has 2 N–H and O–H groups in total. The highest BCUT2D eigenvalue weighted by atomic mass is 32.2. The highest BCUT2D eigenvalue weighted by molar-refractivity contribution is 8.00. The first-order valence-electron chi connectivity index (χ1n) is 8.12. The zero-order chi connectivity index (χ0) is 18.7. The molecule has 3 amide bonds. The number of thioether (sulfide) groups is 1. The fourth-order valence-corrected chi connectivity index (χ4v) is 4.99. The van der Waals surface area contributed by atoms with Crippen LogP contribution >= 0.6 is 23.1 Å². The van der Waals surface area contributed by atoms with Gasteiger partial charge in [-0.25, -0.2) is 14.8 Å². The van der Waals surface area contributed by atoms with Gasteiger partial charge in [0, 0.05) is 17.3 Å². The molecule has 0 aromatic carbocycles. The predicted molar refractivity (Wildman–Crippen MR) is 98.4 cm³/mol. The molecule has 0 fully saturated rings. The summed E-state index contributed by atoms with van der Waals surface area (Å²) in [5, 5.41) is 6.00. The lowest BCUT2D eigenvalue weighted by Crippen LogP contribution is -2.38. The van der Waals surface area contributed by atoms with Gasteiger partial charge in [0.05, 0.1) is 18.3 Å². The van der Waals surface area contributed by atoms with E-state index in [0.29, 0.717) is 18.1 Å². The number of hydrogen-bond acceptors (Lipinski definition) is 8. The van der Waals surface area contributed by atoms with Crippen molar-refractivity contribution in [3.63, 3.8) is 0 Å². The Kier molecular flexibility index (Phi) is 5.72. The molecule has 1 atom stereocenters. The molecule has 26 heavy (non-hydrogen) atoms. The molecule has 0 radical (unpaired) electrons. The van der Waals surface area contributed by atoms with Crippen molar-refractivity contribution in [2.45, 2.75) is 30.7 Å². The number of urea groups is 1. The molecule has 0 bridgehead atoms. The number of nitrogens with one attached hydrogen (secondary N) is 2. The second-order valence-electron chi connectivity index (χ2n) is 5.56. The van der Waals surface area contributed by atoms with Crippen LogP contribution in [-0.4, -0.2) is 47.3 Å². The molecule has 0 spiro atoms. The minimum Gasteiger partial charge on any atom is -0.466 e. The van der Waals surface area contributed by atoms with E-state index in [1.807, 2.05) is 0 Å². The van der Waals surface area contributed by atoms with E-state index < -0.39 is 11.9 Å². The minimum absolute atomic E-state index is 0.0359. The van der Waals surface area contributed by atoms with Gasteiger partial charge in [-0.1, -0.05) is 11.8 Å². The van der Waals surface area contributed by atoms with E-state index in [-0.39, 0.29) is 17.6 Å². The Balaban J connectivity index is 1.87. The van der Waals surface area contributed by atoms with Crippen LogP contribution in [0.3, 0.4) is 0 Å². The summed E-state index contributed by atoms with van der Waals surface area (Å²) in [5.74, 6) is -0.935. The summed E-state index contributed by atoms with van der Waals surface area (Å²) in [6.07, 6.45) is 2.97. The largest absolute Gasteiger partial charge is 0.466 e. The number of imide groups is 1. The molecule has 8 nitrogen and oxygen atoms in total. The Hall–Kier alpha value is -2.20. The molecule has 1 aliphatic carbocycles. The van der Waals surface area contributed by atoms with Crippen molar-refractivity contribution in [1.82, 2.24) is 20.6 Å². The molecular weight excluding hydrogens is 376 g/mol. The minimum atomic E-state index is -0.553. The molecule has 1 aliphatic rings. The van der Waals surface area contributed by atoms with Gasteiger partial charge in [0.15, 0.2) is 0 Å². The predicted octanol–water partition coefficient (Wildman–Crippen LogP) is 1.83. The van der Waals surface area contributed by atoms with Crippen LogP contribution in [0, 0.1) is 0 Å². The lowest BCUT2D eigenvalue weighted by Gasteiger charge is -2.11. The summed E-state index contributed by atoms with van der Waals surface area (Å²) in [7, 11) is 1.44. The van der Waals surface area contributed by atoms with Crippen molar-refractivity contribution in [1.29, 1.82) is 0 Å². The normalized spacial score (nSPS) is 15.5. The van der Waals surface area contributed by atoms with Gasteiger partial charge in [0.2, 0.25) is 5.91 Å². The molecule has 0 aliphatic heterocycles. The van der Waals surface area contributed by atoms with Crippen LogP contribution < -0.4 is 10.6 Å². The number of thiophene rings is 1. The average molecular weight is 394 g/mol. The van der Waals surface area contributed by atoms with Gasteiger partial charge in [-0.3, -0.25) is 14.9 Å². The smallest absolute Gasteiger partial charge is 0.321 e. The van der Waals surface area contributed by atoms with Crippen LogP contribution in [0.2, 0.25) is 0 Å². The van der Waals surface area contributed by atoms with Gasteiger partial charge in [0.1, 0.15) is 16.2 Å². The summed E-state index contributed by atoms with van der Waals surface area (Å²) in [5.41, 5.74) is 0.929. The summed E-state index contributed by atoms with van der Waals surface area (Å²) >= 11 is 2.77. The Labute approximate surface area is 158 Å². The highest BCUT2D eigenvalue weighted by Gasteiger charge is 2.35. The van der Waals surface area contributed by atoms with Gasteiger partial charge in [-0.15, -0.1) is 11.3 Å². The van der Waals surface area contributed by atoms with Crippen molar-refractivity contribution in [3.8, 4) is 0 Å². The fourth-order valence-electron chi connectivity index (χ4n) is 2.89. The third-order valence-electron chi connectivity index (χ3n) is 3.97. The number of hydrogen-bond donors (Lipinski definition) is 2. The molecule has 138 valence electrons. The van der Waals surface area contributed by atoms with Gasteiger partial charge < -0.3 is 10.1 Å². The zero-order valence-electron chi connectivity index (χ0n) is 14.3. The van der Waals surface area contributed by atoms with Crippen LogP contribution in [0.15, 0.2) is 11.4 Å². The van der Waals surface area contributed by atoms with Crippen molar-refractivity contribution in [2.75, 3.05) is 19.4 Å². The van der Waals surface area contributed by atoms with Crippen LogP contribution in [0.1, 0.15) is 29.7 Å². The Morgan fingerprint density at radius 2 is 2.19 bits per heavy atom. The first kappa shape index (κ1) is 18.6. The lowest BCUT2D eigenvalue weighted by molar-refractivity contribution is -0.144. The third kappa shape index (κ3) is 3.65. The molecule has 2 heterocycles. The summed E-state index contributed by atoms with van der Waals surface area (Å²) in [6.45, 7) is 2.12. The van der Waals surface area contributed by atoms with E-state index in [1.54, 1.807) is 18.3 Å². The van der Waals surface area contributed by atoms with Crippen LogP contribution in [0.5, 0.6) is 0 Å². The Morgan fingerprint density at radius 1 is 1.38 bits per heavy atom. The molecule has 2 aromatic heterocycles. The number of amides is 3. The molecule has 0 saturated heterocycles. The molecule has 2 aromatic rings. The monoisotopic (exact) mass is 394 g/mol. The van der Waals surface area contributed by atoms with E-state index in [2.05, 4.69) is 20.6 Å². The highest BCUT2D eigenvalue weighted by Crippen LogP contribution is 2.46. The number of ether oxygens (including phenoxy) is 1. The van der Waals surface area contributed by atoms with Gasteiger partial charge >= 0.3 is 12.0 Å². The number of aryl methyl sites for hydroxylation is 1. The standard InChI is InChI=1S/C16H18N4O4S2/c1-3-24-15(22)8-4-5-9-11(8)12-13(18-7-19-14(12)26-9)25-6-10(21)20-16(23)17-2/h7-8H,3-6H2,1-2H3,(H2,17,20,21,23). The zero-order valence-corrected chi connectivity index (χ0v) is 16.0. The van der Waals surface area contributed by atoms with Crippen molar-refractivity contribution in [2.24, 2.45) is 0 Å². The lowest BCUT2D eigenvalue weighted by atomic mass is 10.0. The van der Waals surface area contributed by atoms with Crippen molar-refractivity contribution >= 4 is 51.2 Å². The number of aromatic nitrogens is 2. The Morgan fingerprint density at radius 3 is 2.92 bits per heavy atom. The van der Waals surface area contributed by atoms with Crippen molar-refractivity contribution in [3.05, 3.63) is 16.8 Å². The first-order valence-corrected chi connectivity index (χ1v) is 9.92. The second kappa shape index (κ2) is 8.00. The first-order chi connectivity index (χ1) is 12.5. The quantitative estimate of drug-likeness (QED) is 0.452. The van der Waals surface area contributed by atoms with E-state index in [1.165, 1.54) is 25.1 Å². The molecule has 10 heteroatoms. The van der Waals surface area contributed by atoms with Crippen LogP contribution in [0.25, 0.3) is 10.2 Å². The SMILES string of the molecule is CCOC(=O)C1CCc2sc3ncnc(SCC(=O)NC(=O)NC)c3c21. The van der Waals surface area contributed by atoms with Crippen LogP contribution in [-0.2, 0) is 20.7 Å². The van der Waals surface area contributed by atoms with E-state index >= 15 is 0 Å². The maximum absolute atomic E-state index is 12.3. The summed E-state index contributed by atoms with van der Waals surface area (Å²) in [4.78, 5) is 45.9. The number of nitrogens with zero attached hydrogens (tertiary/aromatic N) is 2. The molecular formula is C16H18N4O4S2. The summed E-state index contributed by atoms with van der Waals surface area (Å²) in [6, 6.07) is -0.553. The number of esters is 1. The molecule has 0 saturated carbocycles. The van der Waals surface area contributed by atoms with Crippen molar-refractivity contribution < 1.29 is 19.1 Å². The van der Waals surface area contributed by atoms with Gasteiger partial charge in [0.25, 0.3) is 0 Å².